The zero-order valence-electron chi connectivity index (χ0n) is 11.9. The van der Waals surface area contributed by atoms with Crippen LogP contribution in [0.3, 0.4) is 0 Å². The lowest BCUT2D eigenvalue weighted by Gasteiger charge is -2.02. The highest BCUT2D eigenvalue weighted by Crippen LogP contribution is 2.10. The standard InChI is InChI=1S/C16H16N2O3/c1-12-3-7-14(8-4-12)18-16(19)21-17-11-13-5-9-15(20-2)10-6-13/h3-11H,1-2H3,(H,18,19). The molecule has 1 amide bonds. The summed E-state index contributed by atoms with van der Waals surface area (Å²) in [5.74, 6) is 0.755. The molecule has 2 rings (SSSR count). The number of nitrogens with one attached hydrogen (secondary N) is 1. The summed E-state index contributed by atoms with van der Waals surface area (Å²) < 4.78 is 5.05. The topological polar surface area (TPSA) is 59.9 Å². The smallest absolute Gasteiger partial charge is 0.437 e. The normalized spacial score (nSPS) is 10.4. The number of nitrogens with zero attached hydrogens (tertiary/aromatic N) is 1. The van der Waals surface area contributed by atoms with Crippen LogP contribution in [0.25, 0.3) is 0 Å². The number of rotatable bonds is 4. The summed E-state index contributed by atoms with van der Waals surface area (Å²) in [6, 6.07) is 14.6. The van der Waals surface area contributed by atoms with Crippen LogP contribution in [0.2, 0.25) is 0 Å². The third-order valence-corrected chi connectivity index (χ3v) is 2.75. The number of anilines is 1. The molecule has 0 bridgehead atoms. The number of oxime groups is 1. The minimum Gasteiger partial charge on any atom is -0.497 e. The van der Waals surface area contributed by atoms with E-state index in [1.165, 1.54) is 6.21 Å². The Morgan fingerprint density at radius 3 is 2.38 bits per heavy atom. The van der Waals surface area contributed by atoms with Crippen molar-refractivity contribution in [2.75, 3.05) is 12.4 Å². The van der Waals surface area contributed by atoms with Gasteiger partial charge in [-0.25, -0.2) is 4.79 Å². The van der Waals surface area contributed by atoms with Crippen LogP contribution in [0.15, 0.2) is 53.7 Å². The van der Waals surface area contributed by atoms with Crippen LogP contribution in [0, 0.1) is 6.92 Å². The molecule has 2 aromatic rings. The highest BCUT2D eigenvalue weighted by atomic mass is 16.7. The molecule has 0 aromatic heterocycles. The minimum atomic E-state index is -0.636. The molecular weight excluding hydrogens is 268 g/mol. The molecule has 0 fully saturated rings. The number of aryl methyl sites for hydroxylation is 1. The summed E-state index contributed by atoms with van der Waals surface area (Å²) in [5.41, 5.74) is 2.58. The quantitative estimate of drug-likeness (QED) is 0.530. The van der Waals surface area contributed by atoms with Gasteiger partial charge in [-0.2, -0.15) is 0 Å². The highest BCUT2D eigenvalue weighted by molar-refractivity contribution is 5.85. The van der Waals surface area contributed by atoms with Crippen LogP contribution < -0.4 is 10.1 Å². The van der Waals surface area contributed by atoms with Gasteiger partial charge in [0.1, 0.15) is 5.75 Å². The average molecular weight is 284 g/mol. The van der Waals surface area contributed by atoms with E-state index in [0.29, 0.717) is 5.69 Å². The zero-order valence-corrected chi connectivity index (χ0v) is 11.9. The number of benzene rings is 2. The van der Waals surface area contributed by atoms with Gasteiger partial charge < -0.3 is 4.74 Å². The maximum atomic E-state index is 11.5. The maximum Gasteiger partial charge on any atom is 0.437 e. The summed E-state index contributed by atoms with van der Waals surface area (Å²) in [7, 11) is 1.60. The number of hydrogen-bond acceptors (Lipinski definition) is 4. The Bertz CT molecular complexity index is 619. The third kappa shape index (κ3) is 4.65. The predicted molar refractivity (Wildman–Crippen MR) is 81.9 cm³/mol. The van der Waals surface area contributed by atoms with E-state index in [1.54, 1.807) is 31.4 Å². The van der Waals surface area contributed by atoms with E-state index in [9.17, 15) is 4.79 Å². The Labute approximate surface area is 123 Å². The number of carbonyl (C=O) groups is 1. The number of amides is 1. The molecule has 5 heteroatoms. The molecule has 0 aliphatic carbocycles. The van der Waals surface area contributed by atoms with E-state index in [0.717, 1.165) is 16.9 Å². The van der Waals surface area contributed by atoms with Crippen LogP contribution in [-0.4, -0.2) is 19.4 Å². The summed E-state index contributed by atoms with van der Waals surface area (Å²) >= 11 is 0. The lowest BCUT2D eigenvalue weighted by molar-refractivity contribution is 0.167. The van der Waals surface area contributed by atoms with E-state index < -0.39 is 6.09 Å². The van der Waals surface area contributed by atoms with E-state index >= 15 is 0 Å². The second-order valence-electron chi connectivity index (χ2n) is 4.38. The number of methoxy groups -OCH3 is 1. The molecule has 5 nitrogen and oxygen atoms in total. The molecule has 0 aliphatic rings. The van der Waals surface area contributed by atoms with E-state index in [4.69, 9.17) is 9.57 Å². The molecule has 1 N–H and O–H groups in total. The first-order valence-corrected chi connectivity index (χ1v) is 6.39. The summed E-state index contributed by atoms with van der Waals surface area (Å²) in [6.07, 6.45) is 0.817. The SMILES string of the molecule is COc1ccc(C=NOC(=O)Nc2ccc(C)cc2)cc1. The molecule has 2 aromatic carbocycles. The summed E-state index contributed by atoms with van der Waals surface area (Å²) in [6.45, 7) is 1.97. The van der Waals surface area contributed by atoms with Crippen molar-refractivity contribution in [3.05, 3.63) is 59.7 Å². The molecule has 0 unspecified atom stereocenters. The first kappa shape index (κ1) is 14.6. The van der Waals surface area contributed by atoms with Crippen molar-refractivity contribution in [2.24, 2.45) is 5.16 Å². The van der Waals surface area contributed by atoms with Gasteiger partial charge in [0.15, 0.2) is 0 Å². The Hall–Kier alpha value is -2.82. The van der Waals surface area contributed by atoms with Gasteiger partial charge in [-0.15, -0.1) is 0 Å². The largest absolute Gasteiger partial charge is 0.497 e. The van der Waals surface area contributed by atoms with Crippen molar-refractivity contribution in [1.82, 2.24) is 0 Å². The lowest BCUT2D eigenvalue weighted by atomic mass is 10.2. The van der Waals surface area contributed by atoms with Crippen LogP contribution in [0.1, 0.15) is 11.1 Å². The van der Waals surface area contributed by atoms with Crippen molar-refractivity contribution < 1.29 is 14.4 Å². The van der Waals surface area contributed by atoms with Gasteiger partial charge in [0.25, 0.3) is 0 Å². The summed E-state index contributed by atoms with van der Waals surface area (Å²) in [4.78, 5) is 16.2. The van der Waals surface area contributed by atoms with Gasteiger partial charge in [-0.05, 0) is 48.9 Å². The number of carbonyl (C=O) groups excluding carboxylic acids is 1. The molecule has 0 heterocycles. The molecule has 0 radical (unpaired) electrons. The van der Waals surface area contributed by atoms with Crippen molar-refractivity contribution in [2.45, 2.75) is 6.92 Å². The second kappa shape index (κ2) is 7.09. The van der Waals surface area contributed by atoms with Crippen molar-refractivity contribution in [3.8, 4) is 5.75 Å². The molecule has 21 heavy (non-hydrogen) atoms. The van der Waals surface area contributed by atoms with Crippen LogP contribution >= 0.6 is 0 Å². The fraction of sp³-hybridized carbons (Fsp3) is 0.125. The fourth-order valence-corrected chi connectivity index (χ4v) is 1.60. The summed E-state index contributed by atoms with van der Waals surface area (Å²) in [5, 5.41) is 6.21. The molecule has 108 valence electrons. The van der Waals surface area contributed by atoms with Crippen LogP contribution in [0.5, 0.6) is 5.75 Å². The van der Waals surface area contributed by atoms with Crippen molar-refractivity contribution in [3.63, 3.8) is 0 Å². The number of ether oxygens (including phenoxy) is 1. The van der Waals surface area contributed by atoms with E-state index in [-0.39, 0.29) is 0 Å². The Kier molecular flexibility index (Phi) is 4.93. The van der Waals surface area contributed by atoms with Crippen LogP contribution in [0.4, 0.5) is 10.5 Å². The minimum absolute atomic E-state index is 0.636. The molecule has 0 spiro atoms. The maximum absolute atomic E-state index is 11.5. The molecular formula is C16H16N2O3. The van der Waals surface area contributed by atoms with Gasteiger partial charge in [0, 0.05) is 5.69 Å². The zero-order chi connectivity index (χ0) is 15.1. The predicted octanol–water partition coefficient (Wildman–Crippen LogP) is 3.59. The Morgan fingerprint density at radius 2 is 1.76 bits per heavy atom. The van der Waals surface area contributed by atoms with Crippen molar-refractivity contribution in [1.29, 1.82) is 0 Å². The van der Waals surface area contributed by atoms with Crippen molar-refractivity contribution >= 4 is 18.0 Å². The van der Waals surface area contributed by atoms with Gasteiger partial charge >= 0.3 is 6.09 Å². The van der Waals surface area contributed by atoms with Crippen LogP contribution in [-0.2, 0) is 4.84 Å². The lowest BCUT2D eigenvalue weighted by Crippen LogP contribution is -2.10. The molecule has 0 saturated heterocycles. The Morgan fingerprint density at radius 1 is 1.10 bits per heavy atom. The van der Waals surface area contributed by atoms with E-state index in [1.807, 2.05) is 31.2 Å². The van der Waals surface area contributed by atoms with Gasteiger partial charge in [0.2, 0.25) is 0 Å². The fourth-order valence-electron chi connectivity index (χ4n) is 1.60. The first-order valence-electron chi connectivity index (χ1n) is 6.39. The van der Waals surface area contributed by atoms with Gasteiger partial charge in [-0.3, -0.25) is 10.2 Å². The molecule has 0 atom stereocenters. The number of hydrogen-bond donors (Lipinski definition) is 1. The second-order valence-corrected chi connectivity index (χ2v) is 4.38. The molecule has 0 saturated carbocycles. The van der Waals surface area contributed by atoms with Gasteiger partial charge in [-0.1, -0.05) is 22.9 Å². The molecule has 0 aliphatic heterocycles. The third-order valence-electron chi connectivity index (χ3n) is 2.75. The van der Waals surface area contributed by atoms with Gasteiger partial charge in [0.05, 0.1) is 13.3 Å². The monoisotopic (exact) mass is 284 g/mol. The average Bonchev–Trinajstić information content (AvgIpc) is 2.50. The first-order chi connectivity index (χ1) is 10.2. The Balaban J connectivity index is 1.85. The highest BCUT2D eigenvalue weighted by Gasteiger charge is 2.01. The van der Waals surface area contributed by atoms with E-state index in [2.05, 4.69) is 10.5 Å².